The zero-order valence-corrected chi connectivity index (χ0v) is 7.88. The van der Waals surface area contributed by atoms with Crippen molar-refractivity contribution in [2.24, 2.45) is 0 Å². The first-order valence-corrected chi connectivity index (χ1v) is 4.45. The fourth-order valence-electron chi connectivity index (χ4n) is 1.29. The lowest BCUT2D eigenvalue weighted by atomic mass is 10.1. The van der Waals surface area contributed by atoms with E-state index >= 15 is 0 Å². The highest BCUT2D eigenvalue weighted by atomic mass is 16.4. The van der Waals surface area contributed by atoms with E-state index in [9.17, 15) is 4.79 Å². The molecule has 2 heterocycles. The number of pyridine rings is 1. The van der Waals surface area contributed by atoms with Gasteiger partial charge in [-0.3, -0.25) is 4.98 Å². The third kappa shape index (κ3) is 2.22. The summed E-state index contributed by atoms with van der Waals surface area (Å²) >= 11 is 0. The van der Waals surface area contributed by atoms with Crippen LogP contribution in [0.25, 0.3) is 0 Å². The summed E-state index contributed by atoms with van der Waals surface area (Å²) in [6, 6.07) is 5.26. The standard InChI is InChI=1S/C11H9NO3/c13-11(14)9-6-10(15-7-9)5-8-1-3-12-4-2-8/h1-4,6-7H,5H2,(H,13,14). The van der Waals surface area contributed by atoms with Crippen molar-refractivity contribution >= 4 is 5.97 Å². The summed E-state index contributed by atoms with van der Waals surface area (Å²) in [5.74, 6) is -0.335. The molecule has 0 aliphatic carbocycles. The Hall–Kier alpha value is -2.10. The van der Waals surface area contributed by atoms with Gasteiger partial charge in [-0.05, 0) is 23.8 Å². The molecule has 0 fully saturated rings. The van der Waals surface area contributed by atoms with Crippen LogP contribution in [-0.2, 0) is 6.42 Å². The predicted molar refractivity (Wildman–Crippen MR) is 52.7 cm³/mol. The third-order valence-corrected chi connectivity index (χ3v) is 2.03. The highest BCUT2D eigenvalue weighted by Crippen LogP contribution is 2.12. The topological polar surface area (TPSA) is 63.3 Å². The third-order valence-electron chi connectivity index (χ3n) is 2.03. The number of rotatable bonds is 3. The number of carbonyl (C=O) groups is 1. The van der Waals surface area contributed by atoms with Gasteiger partial charge in [0.1, 0.15) is 12.0 Å². The highest BCUT2D eigenvalue weighted by molar-refractivity contribution is 5.87. The summed E-state index contributed by atoms with van der Waals surface area (Å²) in [5.41, 5.74) is 1.22. The monoisotopic (exact) mass is 203 g/mol. The Kier molecular flexibility index (Phi) is 2.49. The average molecular weight is 203 g/mol. The van der Waals surface area contributed by atoms with Gasteiger partial charge in [-0.15, -0.1) is 0 Å². The minimum absolute atomic E-state index is 0.180. The van der Waals surface area contributed by atoms with Crippen LogP contribution in [0.3, 0.4) is 0 Å². The van der Waals surface area contributed by atoms with E-state index in [-0.39, 0.29) is 5.56 Å². The predicted octanol–water partition coefficient (Wildman–Crippen LogP) is 1.96. The molecule has 0 bridgehead atoms. The summed E-state index contributed by atoms with van der Waals surface area (Å²) in [6.45, 7) is 0. The second-order valence-corrected chi connectivity index (χ2v) is 3.14. The largest absolute Gasteiger partial charge is 0.478 e. The van der Waals surface area contributed by atoms with Crippen LogP contribution in [0.4, 0.5) is 0 Å². The fraction of sp³-hybridized carbons (Fsp3) is 0.0909. The Labute approximate surface area is 86.2 Å². The lowest BCUT2D eigenvalue weighted by Crippen LogP contribution is -1.92. The number of carboxylic acid groups (broad SMARTS) is 1. The number of aromatic nitrogens is 1. The maximum atomic E-state index is 10.6. The first-order valence-electron chi connectivity index (χ1n) is 4.45. The Morgan fingerprint density at radius 1 is 1.40 bits per heavy atom. The van der Waals surface area contributed by atoms with Gasteiger partial charge < -0.3 is 9.52 Å². The second kappa shape index (κ2) is 3.96. The van der Waals surface area contributed by atoms with Gasteiger partial charge in [0.05, 0.1) is 5.56 Å². The van der Waals surface area contributed by atoms with Crippen LogP contribution in [0.1, 0.15) is 21.7 Å². The van der Waals surface area contributed by atoms with E-state index in [1.165, 1.54) is 12.3 Å². The van der Waals surface area contributed by atoms with E-state index in [1.807, 2.05) is 12.1 Å². The van der Waals surface area contributed by atoms with Crippen LogP contribution in [-0.4, -0.2) is 16.1 Å². The number of furan rings is 1. The zero-order valence-electron chi connectivity index (χ0n) is 7.88. The van der Waals surface area contributed by atoms with Gasteiger partial charge in [0, 0.05) is 18.8 Å². The SMILES string of the molecule is O=C(O)c1coc(Cc2ccncc2)c1. The summed E-state index contributed by atoms with van der Waals surface area (Å²) in [7, 11) is 0. The molecule has 76 valence electrons. The van der Waals surface area contributed by atoms with Crippen molar-refractivity contribution in [3.63, 3.8) is 0 Å². The second-order valence-electron chi connectivity index (χ2n) is 3.14. The quantitative estimate of drug-likeness (QED) is 0.828. The van der Waals surface area contributed by atoms with Crippen molar-refractivity contribution in [1.29, 1.82) is 0 Å². The molecule has 0 aliphatic rings. The smallest absolute Gasteiger partial charge is 0.338 e. The lowest BCUT2D eigenvalue weighted by molar-refractivity contribution is 0.0696. The van der Waals surface area contributed by atoms with Crippen LogP contribution >= 0.6 is 0 Å². The first kappa shape index (κ1) is 9.45. The van der Waals surface area contributed by atoms with Crippen molar-refractivity contribution < 1.29 is 14.3 Å². The van der Waals surface area contributed by atoms with Crippen molar-refractivity contribution in [3.8, 4) is 0 Å². The van der Waals surface area contributed by atoms with E-state index < -0.39 is 5.97 Å². The molecule has 15 heavy (non-hydrogen) atoms. The van der Waals surface area contributed by atoms with Crippen LogP contribution < -0.4 is 0 Å². The Balaban J connectivity index is 2.15. The number of carboxylic acids is 1. The van der Waals surface area contributed by atoms with Crippen molar-refractivity contribution in [2.45, 2.75) is 6.42 Å². The van der Waals surface area contributed by atoms with Gasteiger partial charge >= 0.3 is 5.97 Å². The van der Waals surface area contributed by atoms with Crippen LogP contribution in [0.15, 0.2) is 41.3 Å². The molecule has 0 aromatic carbocycles. The number of aromatic carboxylic acids is 1. The molecule has 0 aliphatic heterocycles. The Bertz CT molecular complexity index is 462. The van der Waals surface area contributed by atoms with E-state index in [2.05, 4.69) is 4.98 Å². The molecule has 0 saturated heterocycles. The normalized spacial score (nSPS) is 10.1. The molecule has 2 rings (SSSR count). The van der Waals surface area contributed by atoms with Crippen LogP contribution in [0.5, 0.6) is 0 Å². The molecule has 2 aromatic heterocycles. The van der Waals surface area contributed by atoms with Gasteiger partial charge in [0.2, 0.25) is 0 Å². The molecule has 1 N–H and O–H groups in total. The van der Waals surface area contributed by atoms with Gasteiger partial charge in [0.25, 0.3) is 0 Å². The van der Waals surface area contributed by atoms with E-state index in [0.29, 0.717) is 12.2 Å². The number of hydrogen-bond acceptors (Lipinski definition) is 3. The highest BCUT2D eigenvalue weighted by Gasteiger charge is 2.08. The molecule has 4 nitrogen and oxygen atoms in total. The van der Waals surface area contributed by atoms with Crippen molar-refractivity contribution in [1.82, 2.24) is 4.98 Å². The number of nitrogens with zero attached hydrogens (tertiary/aromatic N) is 1. The summed E-state index contributed by atoms with van der Waals surface area (Å²) < 4.78 is 5.13. The van der Waals surface area contributed by atoms with Gasteiger partial charge in [-0.1, -0.05) is 0 Å². The van der Waals surface area contributed by atoms with E-state index in [1.54, 1.807) is 12.4 Å². The first-order chi connectivity index (χ1) is 7.25. The molecule has 4 heteroatoms. The number of hydrogen-bond donors (Lipinski definition) is 1. The van der Waals surface area contributed by atoms with Gasteiger partial charge in [-0.25, -0.2) is 4.79 Å². The molecular formula is C11H9NO3. The minimum Gasteiger partial charge on any atom is -0.478 e. The Morgan fingerprint density at radius 3 is 2.73 bits per heavy atom. The molecule has 0 radical (unpaired) electrons. The lowest BCUT2D eigenvalue weighted by Gasteiger charge is -1.95. The van der Waals surface area contributed by atoms with E-state index in [0.717, 1.165) is 5.56 Å². The maximum absolute atomic E-state index is 10.6. The molecule has 0 spiro atoms. The van der Waals surface area contributed by atoms with Crippen molar-refractivity contribution in [3.05, 3.63) is 53.7 Å². The molecular weight excluding hydrogens is 194 g/mol. The molecule has 0 unspecified atom stereocenters. The van der Waals surface area contributed by atoms with E-state index in [4.69, 9.17) is 9.52 Å². The molecule has 0 atom stereocenters. The summed E-state index contributed by atoms with van der Waals surface area (Å²) in [6.07, 6.45) is 5.21. The average Bonchev–Trinajstić information content (AvgIpc) is 2.68. The Morgan fingerprint density at radius 2 is 2.13 bits per heavy atom. The van der Waals surface area contributed by atoms with Crippen LogP contribution in [0, 0.1) is 0 Å². The zero-order chi connectivity index (χ0) is 10.7. The fourth-order valence-corrected chi connectivity index (χ4v) is 1.29. The molecule has 0 saturated carbocycles. The maximum Gasteiger partial charge on any atom is 0.338 e. The van der Waals surface area contributed by atoms with Gasteiger partial charge in [-0.2, -0.15) is 0 Å². The molecule has 2 aromatic rings. The van der Waals surface area contributed by atoms with Crippen molar-refractivity contribution in [2.75, 3.05) is 0 Å². The summed E-state index contributed by atoms with van der Waals surface area (Å²) in [4.78, 5) is 14.5. The minimum atomic E-state index is -0.972. The van der Waals surface area contributed by atoms with Gasteiger partial charge in [0.15, 0.2) is 0 Å². The molecule has 0 amide bonds. The van der Waals surface area contributed by atoms with Crippen LogP contribution in [0.2, 0.25) is 0 Å². The summed E-state index contributed by atoms with van der Waals surface area (Å²) in [5, 5.41) is 8.69.